The maximum absolute atomic E-state index is 11.8. The molecule has 334 valence electrons. The molecule has 0 N–H and O–H groups in total. The number of non-ortho nitro benzene ring substituents is 3. The summed E-state index contributed by atoms with van der Waals surface area (Å²) >= 11 is 0. The van der Waals surface area contributed by atoms with Crippen LogP contribution in [0.5, 0.6) is 0 Å². The van der Waals surface area contributed by atoms with Crippen LogP contribution >= 0.6 is 0 Å². The molecular formula is C54H57N5O6. The molecule has 2 bridgehead atoms. The van der Waals surface area contributed by atoms with Crippen molar-refractivity contribution in [1.29, 1.82) is 0 Å². The van der Waals surface area contributed by atoms with Gasteiger partial charge in [0.2, 0.25) is 0 Å². The minimum atomic E-state index is -0.659. The highest BCUT2D eigenvalue weighted by Gasteiger charge is 2.78. The summed E-state index contributed by atoms with van der Waals surface area (Å²) in [7, 11) is 0. The molecule has 11 heteroatoms. The zero-order chi connectivity index (χ0) is 45.6. The van der Waals surface area contributed by atoms with E-state index in [2.05, 4.69) is 59.7 Å². The van der Waals surface area contributed by atoms with Gasteiger partial charge in [-0.1, -0.05) is 103 Å². The summed E-state index contributed by atoms with van der Waals surface area (Å²) in [6, 6.07) is 29.0. The standard InChI is InChI=1S/C54H57N5O6/c1-50(2)46(31-16-22-37(23-17-31)57(60)61)40-10-7-12-42(40)48(50)33-28-34(49-43-13-8-11-41(43)47(51(49,3)4)32-18-24-38(25-19-32)58(62)63)30-36(29-33)54-45-15-9-14-44(45)53(55-56-54,52(54,5)6)35-20-26-39(27-21-35)59(64)65/h16-30,40-45H,7-15H2,1-6H3. The summed E-state index contributed by atoms with van der Waals surface area (Å²) in [6.07, 6.45) is 9.65. The zero-order valence-electron chi connectivity index (χ0n) is 38.2. The molecule has 11 nitrogen and oxygen atoms in total. The molecule has 6 fully saturated rings. The number of nitro benzene ring substituents is 3. The highest BCUT2D eigenvalue weighted by atomic mass is 16.6. The van der Waals surface area contributed by atoms with Crippen molar-refractivity contribution in [1.82, 2.24) is 0 Å². The topological polar surface area (TPSA) is 154 Å². The number of azo groups is 1. The Morgan fingerprint density at radius 1 is 0.431 bits per heavy atom. The highest BCUT2D eigenvalue weighted by molar-refractivity contribution is 5.61. The summed E-state index contributed by atoms with van der Waals surface area (Å²) in [5.74, 6) is 7.32. The van der Waals surface area contributed by atoms with Crippen LogP contribution in [0.4, 0.5) is 17.1 Å². The van der Waals surface area contributed by atoms with Crippen molar-refractivity contribution in [2.24, 2.45) is 62.0 Å². The SMILES string of the molecule is CC1(C)[C](c2ccc([N+](=O)[O-])cc2)C2CCCC2[C]1c1cc([C]2C3CCCC3[C](c3ccc([N+](=O)[O-])cc3)C2(C)C)cc(C23N=NC(c4ccc([N+](=O)[O-])cc4)(C4CCCC42)C3(C)C)c1. The molecule has 8 atom stereocenters. The summed E-state index contributed by atoms with van der Waals surface area (Å²) in [5, 5.41) is 46.3. The third-order valence-corrected chi connectivity index (χ3v) is 18.4. The minimum absolute atomic E-state index is 0.0695. The van der Waals surface area contributed by atoms with Crippen molar-refractivity contribution in [3.8, 4) is 0 Å². The smallest absolute Gasteiger partial charge is 0.258 e. The molecule has 1 heterocycles. The lowest BCUT2D eigenvalue weighted by atomic mass is 9.60. The first-order valence-electron chi connectivity index (χ1n) is 23.8. The van der Waals surface area contributed by atoms with Gasteiger partial charge in [-0.15, -0.1) is 0 Å². The van der Waals surface area contributed by atoms with Gasteiger partial charge in [0, 0.05) is 65.5 Å². The summed E-state index contributed by atoms with van der Waals surface area (Å²) in [4.78, 5) is 34.3. The van der Waals surface area contributed by atoms with Crippen LogP contribution in [0.3, 0.4) is 0 Å². The molecule has 4 radical (unpaired) electrons. The third kappa shape index (κ3) is 5.59. The average molecular weight is 872 g/mol. The van der Waals surface area contributed by atoms with Crippen molar-refractivity contribution < 1.29 is 14.8 Å². The Hall–Kier alpha value is -5.32. The van der Waals surface area contributed by atoms with Crippen LogP contribution in [0, 0.1) is 106 Å². The van der Waals surface area contributed by atoms with Crippen LogP contribution in [-0.2, 0) is 11.1 Å². The Morgan fingerprint density at radius 2 is 0.754 bits per heavy atom. The van der Waals surface area contributed by atoms with E-state index in [1.54, 1.807) is 36.4 Å². The fraction of sp³-hybridized carbons (Fsp3) is 0.481. The number of nitrogens with zero attached hydrogens (tertiary/aromatic N) is 5. The van der Waals surface area contributed by atoms with E-state index in [4.69, 9.17) is 10.2 Å². The maximum Gasteiger partial charge on any atom is 0.269 e. The first-order valence-corrected chi connectivity index (χ1v) is 23.8. The van der Waals surface area contributed by atoms with E-state index in [1.165, 1.54) is 40.4 Å². The van der Waals surface area contributed by atoms with Gasteiger partial charge in [-0.2, -0.15) is 10.2 Å². The van der Waals surface area contributed by atoms with E-state index < -0.39 is 16.5 Å². The van der Waals surface area contributed by atoms with Gasteiger partial charge in [0.15, 0.2) is 0 Å². The first kappa shape index (κ1) is 42.3. The lowest BCUT2D eigenvalue weighted by molar-refractivity contribution is -0.385. The summed E-state index contributed by atoms with van der Waals surface area (Å²) < 4.78 is 0. The fourth-order valence-electron chi connectivity index (χ4n) is 16.3. The van der Waals surface area contributed by atoms with E-state index >= 15 is 0 Å². The van der Waals surface area contributed by atoms with Gasteiger partial charge in [-0.25, -0.2) is 0 Å². The van der Waals surface area contributed by atoms with Crippen LogP contribution in [0.1, 0.15) is 133 Å². The minimum Gasteiger partial charge on any atom is -0.258 e. The van der Waals surface area contributed by atoms with Gasteiger partial charge in [-0.05, 0) is 130 Å². The van der Waals surface area contributed by atoms with E-state index in [1.807, 2.05) is 36.4 Å². The number of nitro groups is 3. The number of rotatable bonds is 9. The first-order chi connectivity index (χ1) is 30.9. The maximum atomic E-state index is 11.8. The molecule has 0 amide bonds. The molecule has 4 aromatic carbocycles. The normalized spacial score (nSPS) is 33.1. The van der Waals surface area contributed by atoms with Crippen LogP contribution in [0.25, 0.3) is 0 Å². The molecule has 8 unspecified atom stereocenters. The Kier molecular flexibility index (Phi) is 9.34. The fourth-order valence-corrected chi connectivity index (χ4v) is 16.3. The number of fused-ring (bicyclic) bond motifs is 7. The second-order valence-corrected chi connectivity index (χ2v) is 21.9. The molecule has 0 saturated heterocycles. The van der Waals surface area contributed by atoms with Gasteiger partial charge in [0.05, 0.1) is 14.8 Å². The average Bonchev–Trinajstić information content (AvgIpc) is 4.14. The van der Waals surface area contributed by atoms with E-state index in [0.29, 0.717) is 23.7 Å². The molecule has 6 aliphatic carbocycles. The molecule has 65 heavy (non-hydrogen) atoms. The van der Waals surface area contributed by atoms with Gasteiger partial charge < -0.3 is 0 Å². The second-order valence-electron chi connectivity index (χ2n) is 21.9. The van der Waals surface area contributed by atoms with Crippen molar-refractivity contribution in [3.05, 3.63) is 178 Å². The molecule has 6 saturated carbocycles. The second kappa shape index (κ2) is 14.3. The third-order valence-electron chi connectivity index (χ3n) is 18.4. The van der Waals surface area contributed by atoms with Gasteiger partial charge in [0.25, 0.3) is 17.1 Å². The van der Waals surface area contributed by atoms with Gasteiger partial charge >= 0.3 is 0 Å². The lowest BCUT2D eigenvalue weighted by Crippen LogP contribution is -2.44. The van der Waals surface area contributed by atoms with Crippen molar-refractivity contribution in [2.75, 3.05) is 0 Å². The predicted octanol–water partition coefficient (Wildman–Crippen LogP) is 13.4. The zero-order valence-corrected chi connectivity index (χ0v) is 38.2. The van der Waals surface area contributed by atoms with Gasteiger partial charge in [-0.3, -0.25) is 30.3 Å². The number of hydrogen-bond donors (Lipinski definition) is 0. The van der Waals surface area contributed by atoms with Crippen molar-refractivity contribution in [3.63, 3.8) is 0 Å². The Balaban J connectivity index is 1.10. The predicted molar refractivity (Wildman–Crippen MR) is 247 cm³/mol. The van der Waals surface area contributed by atoms with E-state index in [0.717, 1.165) is 74.5 Å². The van der Waals surface area contributed by atoms with Crippen LogP contribution in [0.2, 0.25) is 0 Å². The largest absolute Gasteiger partial charge is 0.269 e. The molecule has 1 aliphatic heterocycles. The molecule has 7 aliphatic rings. The molecule has 4 aromatic rings. The highest BCUT2D eigenvalue weighted by Crippen LogP contribution is 2.78. The molecular weight excluding hydrogens is 815 g/mol. The van der Waals surface area contributed by atoms with Crippen LogP contribution in [-0.4, -0.2) is 14.8 Å². The van der Waals surface area contributed by atoms with E-state index in [9.17, 15) is 30.3 Å². The Morgan fingerprint density at radius 3 is 1.12 bits per heavy atom. The number of benzene rings is 4. The monoisotopic (exact) mass is 871 g/mol. The van der Waals surface area contributed by atoms with Crippen LogP contribution < -0.4 is 0 Å². The lowest BCUT2D eigenvalue weighted by Gasteiger charge is -2.43. The summed E-state index contributed by atoms with van der Waals surface area (Å²) in [6.45, 7) is 14.2. The quantitative estimate of drug-likeness (QED) is 0.120. The molecule has 0 spiro atoms. The molecule has 0 aromatic heterocycles. The van der Waals surface area contributed by atoms with Gasteiger partial charge in [0.1, 0.15) is 11.1 Å². The summed E-state index contributed by atoms with van der Waals surface area (Å²) in [5.41, 5.74) is 4.61. The number of hydrogen-bond acceptors (Lipinski definition) is 8. The van der Waals surface area contributed by atoms with Crippen molar-refractivity contribution in [2.45, 2.75) is 110 Å². The Labute approximate surface area is 381 Å². The van der Waals surface area contributed by atoms with E-state index in [-0.39, 0.29) is 54.5 Å². The Bertz CT molecular complexity index is 2520. The van der Waals surface area contributed by atoms with Crippen molar-refractivity contribution >= 4 is 17.1 Å². The molecule has 11 rings (SSSR count). The van der Waals surface area contributed by atoms with Crippen LogP contribution in [0.15, 0.2) is 101 Å².